The van der Waals surface area contributed by atoms with Crippen molar-refractivity contribution in [3.8, 4) is 11.8 Å². The lowest BCUT2D eigenvalue weighted by atomic mass is 9.78. The second-order valence-electron chi connectivity index (χ2n) is 5.00. The molecule has 7 heteroatoms. The Morgan fingerprint density at radius 1 is 1.42 bits per heavy atom. The molecule has 1 aromatic rings. The summed E-state index contributed by atoms with van der Waals surface area (Å²) in [5.74, 6) is -2.51. The average Bonchev–Trinajstić information content (AvgIpc) is 2.60. The van der Waals surface area contributed by atoms with Gasteiger partial charge in [0.05, 0.1) is 30.4 Å². The van der Waals surface area contributed by atoms with Crippen LogP contribution in [0.2, 0.25) is 0 Å². The maximum Gasteiger partial charge on any atom is 0.319 e. The fourth-order valence-corrected chi connectivity index (χ4v) is 3.32. The van der Waals surface area contributed by atoms with Gasteiger partial charge in [0.1, 0.15) is 11.7 Å². The van der Waals surface area contributed by atoms with E-state index >= 15 is 0 Å². The molecule has 0 spiro atoms. The summed E-state index contributed by atoms with van der Waals surface area (Å²) < 4.78 is 10.4. The Hall–Kier alpha value is -2.46. The molecule has 0 saturated heterocycles. The molecule has 0 saturated carbocycles. The van der Waals surface area contributed by atoms with Crippen molar-refractivity contribution in [2.45, 2.75) is 12.8 Å². The van der Waals surface area contributed by atoms with Gasteiger partial charge in [-0.2, -0.15) is 5.26 Å². The van der Waals surface area contributed by atoms with Gasteiger partial charge >= 0.3 is 5.97 Å². The van der Waals surface area contributed by atoms with Gasteiger partial charge in [-0.05, 0) is 19.2 Å². The van der Waals surface area contributed by atoms with Crippen LogP contribution >= 0.6 is 11.8 Å². The predicted octanol–water partition coefficient (Wildman–Crippen LogP) is 2.19. The van der Waals surface area contributed by atoms with Gasteiger partial charge in [0.25, 0.3) is 0 Å². The van der Waals surface area contributed by atoms with E-state index in [-0.39, 0.29) is 0 Å². The Bertz CT molecular complexity index is 724. The highest BCUT2D eigenvalue weighted by atomic mass is 32.2. The molecule has 1 heterocycles. The molecule has 2 rings (SSSR count). The van der Waals surface area contributed by atoms with E-state index in [2.05, 4.69) is 11.4 Å². The van der Waals surface area contributed by atoms with Crippen LogP contribution in [-0.4, -0.2) is 31.8 Å². The second-order valence-corrected chi connectivity index (χ2v) is 5.81. The number of hydrogen-bond donors (Lipinski definition) is 1. The summed E-state index contributed by atoms with van der Waals surface area (Å²) >= 11 is 1.25. The van der Waals surface area contributed by atoms with Gasteiger partial charge in [-0.3, -0.25) is 9.59 Å². The summed E-state index contributed by atoms with van der Waals surface area (Å²) in [6.07, 6.45) is 1.76. The van der Waals surface area contributed by atoms with Crippen molar-refractivity contribution in [3.05, 3.63) is 40.4 Å². The second kappa shape index (κ2) is 7.88. The minimum Gasteiger partial charge on any atom is -0.494 e. The van der Waals surface area contributed by atoms with Gasteiger partial charge in [-0.1, -0.05) is 18.2 Å². The zero-order valence-electron chi connectivity index (χ0n) is 13.7. The van der Waals surface area contributed by atoms with E-state index in [1.165, 1.54) is 18.9 Å². The zero-order valence-corrected chi connectivity index (χ0v) is 14.5. The van der Waals surface area contributed by atoms with Crippen LogP contribution in [0.3, 0.4) is 0 Å². The number of allylic oxidation sites excluding steroid dienone is 1. The number of nitrogens with zero attached hydrogens (tertiary/aromatic N) is 1. The largest absolute Gasteiger partial charge is 0.494 e. The zero-order chi connectivity index (χ0) is 17.7. The van der Waals surface area contributed by atoms with E-state index in [9.17, 15) is 14.9 Å². The molecule has 0 aliphatic carbocycles. The first kappa shape index (κ1) is 17.9. The van der Waals surface area contributed by atoms with Gasteiger partial charge < -0.3 is 14.8 Å². The normalized spacial score (nSPS) is 20.2. The van der Waals surface area contributed by atoms with E-state index in [1.54, 1.807) is 30.5 Å². The Morgan fingerprint density at radius 3 is 2.71 bits per heavy atom. The molecule has 1 unspecified atom stereocenters. The van der Waals surface area contributed by atoms with Crippen LogP contribution in [0, 0.1) is 17.2 Å². The van der Waals surface area contributed by atoms with E-state index in [0.29, 0.717) is 28.5 Å². The van der Waals surface area contributed by atoms with Crippen molar-refractivity contribution < 1.29 is 19.1 Å². The number of carbonyl (C=O) groups is 2. The van der Waals surface area contributed by atoms with Crippen LogP contribution in [0.25, 0.3) is 0 Å². The first-order chi connectivity index (χ1) is 11.6. The summed E-state index contributed by atoms with van der Waals surface area (Å²) in [5.41, 5.74) is 0.942. The number of hydrogen-bond acceptors (Lipinski definition) is 6. The quantitative estimate of drug-likeness (QED) is 0.649. The minimum atomic E-state index is -1.14. The number of nitrogens with one attached hydrogen (secondary N) is 1. The Balaban J connectivity index is 2.69. The van der Waals surface area contributed by atoms with E-state index in [1.807, 2.05) is 6.92 Å². The van der Waals surface area contributed by atoms with Crippen molar-refractivity contribution >= 4 is 23.6 Å². The highest BCUT2D eigenvalue weighted by Gasteiger charge is 2.45. The highest BCUT2D eigenvalue weighted by molar-refractivity contribution is 8.02. The van der Waals surface area contributed by atoms with Gasteiger partial charge in [0, 0.05) is 11.5 Å². The van der Waals surface area contributed by atoms with Crippen LogP contribution in [0.15, 0.2) is 34.9 Å². The standard InChI is InChI=1S/C17H18N2O4S/c1-4-23-12-8-6-5-7-10(12)13-11(9-18)16(24-3)19-15(20)14(13)17(21)22-2/h5-8,13-14H,4H2,1-3H3,(H,19,20)/t13?,14-/m1/s1. The molecule has 0 aromatic heterocycles. The van der Waals surface area contributed by atoms with Crippen molar-refractivity contribution in [1.29, 1.82) is 5.26 Å². The lowest BCUT2D eigenvalue weighted by Gasteiger charge is -2.31. The molecule has 0 radical (unpaired) electrons. The van der Waals surface area contributed by atoms with Crippen LogP contribution in [0.4, 0.5) is 0 Å². The predicted molar refractivity (Wildman–Crippen MR) is 90.2 cm³/mol. The summed E-state index contributed by atoms with van der Waals surface area (Å²) in [6.45, 7) is 2.27. The minimum absolute atomic E-state index is 0.324. The number of methoxy groups -OCH3 is 1. The Kier molecular flexibility index (Phi) is 5.88. The number of amides is 1. The van der Waals surface area contributed by atoms with Crippen molar-refractivity contribution in [1.82, 2.24) is 5.32 Å². The Morgan fingerprint density at radius 2 is 2.12 bits per heavy atom. The van der Waals surface area contributed by atoms with Gasteiger partial charge in [0.2, 0.25) is 5.91 Å². The smallest absolute Gasteiger partial charge is 0.319 e. The highest BCUT2D eigenvalue weighted by Crippen LogP contribution is 2.42. The molecule has 2 atom stereocenters. The van der Waals surface area contributed by atoms with E-state index in [4.69, 9.17) is 9.47 Å². The average molecular weight is 346 g/mol. The first-order valence-corrected chi connectivity index (χ1v) is 8.60. The van der Waals surface area contributed by atoms with E-state index in [0.717, 1.165) is 0 Å². The molecule has 1 aliphatic heterocycles. The van der Waals surface area contributed by atoms with Crippen molar-refractivity contribution in [2.75, 3.05) is 20.0 Å². The van der Waals surface area contributed by atoms with Crippen molar-refractivity contribution in [3.63, 3.8) is 0 Å². The molecule has 0 bridgehead atoms. The third kappa shape index (κ3) is 3.24. The maximum absolute atomic E-state index is 12.5. The third-order valence-corrected chi connectivity index (χ3v) is 4.47. The monoisotopic (exact) mass is 346 g/mol. The van der Waals surface area contributed by atoms with E-state index < -0.39 is 23.7 Å². The number of ether oxygens (including phenoxy) is 2. The van der Waals surface area contributed by atoms with Crippen LogP contribution in [0.5, 0.6) is 5.75 Å². The molecule has 1 aromatic carbocycles. The molecular weight excluding hydrogens is 328 g/mol. The molecular formula is C17H18N2O4S. The number of para-hydroxylation sites is 1. The molecule has 126 valence electrons. The Labute approximate surface area is 144 Å². The SMILES string of the molecule is CCOc1ccccc1C1C(C#N)=C(SC)NC(=O)[C@@H]1C(=O)OC. The number of thioether (sulfide) groups is 1. The first-order valence-electron chi connectivity index (χ1n) is 7.37. The fourth-order valence-electron chi connectivity index (χ4n) is 2.73. The summed E-state index contributed by atoms with van der Waals surface area (Å²) in [6, 6.07) is 9.24. The molecule has 0 fully saturated rings. The summed E-state index contributed by atoms with van der Waals surface area (Å²) in [5, 5.41) is 12.7. The number of rotatable bonds is 5. The molecule has 24 heavy (non-hydrogen) atoms. The number of benzene rings is 1. The molecule has 1 N–H and O–H groups in total. The fraction of sp³-hybridized carbons (Fsp3) is 0.353. The molecule has 1 amide bonds. The van der Waals surface area contributed by atoms with Gasteiger partial charge in [-0.15, -0.1) is 11.8 Å². The number of esters is 1. The maximum atomic E-state index is 12.5. The molecule has 1 aliphatic rings. The van der Waals surface area contributed by atoms with Gasteiger partial charge in [0.15, 0.2) is 0 Å². The van der Waals surface area contributed by atoms with Gasteiger partial charge in [-0.25, -0.2) is 0 Å². The summed E-state index contributed by atoms with van der Waals surface area (Å²) in [4.78, 5) is 24.7. The van der Waals surface area contributed by atoms with Crippen LogP contribution in [0.1, 0.15) is 18.4 Å². The van der Waals surface area contributed by atoms with Crippen LogP contribution in [-0.2, 0) is 14.3 Å². The third-order valence-electron chi connectivity index (χ3n) is 3.74. The van der Waals surface area contributed by atoms with Crippen molar-refractivity contribution in [2.24, 2.45) is 5.92 Å². The topological polar surface area (TPSA) is 88.4 Å². The lowest BCUT2D eigenvalue weighted by Crippen LogP contribution is -2.44. The lowest BCUT2D eigenvalue weighted by molar-refractivity contribution is -0.150. The molecule has 6 nitrogen and oxygen atoms in total. The number of carbonyl (C=O) groups excluding carboxylic acids is 2. The van der Waals surface area contributed by atoms with Crippen LogP contribution < -0.4 is 10.1 Å². The summed E-state index contributed by atoms with van der Waals surface area (Å²) in [7, 11) is 1.22. The number of nitriles is 1.